The molecule has 1 N–H and O–H groups in total. The molecule has 0 saturated heterocycles. The summed E-state index contributed by atoms with van der Waals surface area (Å²) in [6.07, 6.45) is 4.99. The summed E-state index contributed by atoms with van der Waals surface area (Å²) in [4.78, 5) is 17.1. The van der Waals surface area contributed by atoms with Crippen LogP contribution in [0.5, 0.6) is 0 Å². The maximum Gasteiger partial charge on any atom is 0.246 e. The largest absolute Gasteiger partial charge is 0.361 e. The van der Waals surface area contributed by atoms with Crippen molar-refractivity contribution in [2.45, 2.75) is 26.3 Å². The second-order valence-electron chi connectivity index (χ2n) is 5.76. The Bertz CT molecular complexity index is 992. The van der Waals surface area contributed by atoms with Crippen LogP contribution in [0.15, 0.2) is 41.3 Å². The molecule has 0 amide bonds. The van der Waals surface area contributed by atoms with Crippen LogP contribution >= 0.6 is 0 Å². The van der Waals surface area contributed by atoms with Crippen LogP contribution in [0.1, 0.15) is 31.4 Å². The van der Waals surface area contributed by atoms with Gasteiger partial charge in [0.2, 0.25) is 17.5 Å². The highest BCUT2D eigenvalue weighted by Crippen LogP contribution is 2.19. The molecule has 126 valence electrons. The Morgan fingerprint density at radius 2 is 1.96 bits per heavy atom. The molecule has 0 aliphatic rings. The Morgan fingerprint density at radius 3 is 2.76 bits per heavy atom. The molecular weight excluding hydrogens is 320 g/mol. The van der Waals surface area contributed by atoms with Crippen molar-refractivity contribution in [3.8, 4) is 11.6 Å². The van der Waals surface area contributed by atoms with Gasteiger partial charge in [0.15, 0.2) is 5.65 Å². The lowest BCUT2D eigenvalue weighted by Crippen LogP contribution is -2.08. The minimum absolute atomic E-state index is 0.311. The van der Waals surface area contributed by atoms with Crippen LogP contribution in [0, 0.1) is 0 Å². The third-order valence-corrected chi connectivity index (χ3v) is 3.63. The van der Waals surface area contributed by atoms with Crippen LogP contribution in [-0.2, 0) is 6.54 Å². The lowest BCUT2D eigenvalue weighted by Gasteiger charge is -2.10. The molecule has 0 aliphatic heterocycles. The average molecular weight is 336 g/mol. The molecule has 0 spiro atoms. The van der Waals surface area contributed by atoms with Crippen molar-refractivity contribution in [2.24, 2.45) is 0 Å². The highest BCUT2D eigenvalue weighted by Gasteiger charge is 2.13. The lowest BCUT2D eigenvalue weighted by molar-refractivity contribution is 0.383. The third-order valence-electron chi connectivity index (χ3n) is 3.63. The molecule has 0 bridgehead atoms. The maximum absolute atomic E-state index is 5.26. The van der Waals surface area contributed by atoms with E-state index in [2.05, 4.69) is 49.4 Å². The number of anilines is 1. The van der Waals surface area contributed by atoms with Crippen molar-refractivity contribution < 1.29 is 4.52 Å². The summed E-state index contributed by atoms with van der Waals surface area (Å²) in [5, 5.41) is 11.5. The SMILES string of the molecule is CC(C)c1cc(NCc2nc(-c3ncccn3)no2)n2nccc2n1. The third kappa shape index (κ3) is 3.03. The van der Waals surface area contributed by atoms with E-state index in [9.17, 15) is 0 Å². The minimum Gasteiger partial charge on any atom is -0.361 e. The van der Waals surface area contributed by atoms with Gasteiger partial charge in [0.25, 0.3) is 0 Å². The Morgan fingerprint density at radius 1 is 1.12 bits per heavy atom. The molecule has 0 saturated carbocycles. The summed E-state index contributed by atoms with van der Waals surface area (Å²) >= 11 is 0. The molecule has 4 rings (SSSR count). The first-order valence-electron chi connectivity index (χ1n) is 7.89. The van der Waals surface area contributed by atoms with E-state index in [1.165, 1.54) is 0 Å². The number of fused-ring (bicyclic) bond motifs is 1. The van der Waals surface area contributed by atoms with Gasteiger partial charge < -0.3 is 9.84 Å². The Hall–Kier alpha value is -3.36. The van der Waals surface area contributed by atoms with E-state index in [1.807, 2.05) is 12.1 Å². The molecule has 0 atom stereocenters. The van der Waals surface area contributed by atoms with Gasteiger partial charge in [-0.15, -0.1) is 0 Å². The van der Waals surface area contributed by atoms with E-state index < -0.39 is 0 Å². The van der Waals surface area contributed by atoms with Gasteiger partial charge in [0.05, 0.1) is 12.7 Å². The van der Waals surface area contributed by atoms with Crippen molar-refractivity contribution in [1.82, 2.24) is 34.7 Å². The quantitative estimate of drug-likeness (QED) is 0.591. The van der Waals surface area contributed by atoms with Crippen LogP contribution in [0.25, 0.3) is 17.3 Å². The summed E-state index contributed by atoms with van der Waals surface area (Å²) in [6.45, 7) is 4.56. The molecule has 0 aromatic carbocycles. The zero-order chi connectivity index (χ0) is 17.2. The minimum atomic E-state index is 0.311. The van der Waals surface area contributed by atoms with Crippen LogP contribution in [0.4, 0.5) is 5.82 Å². The normalized spacial score (nSPS) is 11.3. The second kappa shape index (κ2) is 6.27. The first-order valence-corrected chi connectivity index (χ1v) is 7.89. The summed E-state index contributed by atoms with van der Waals surface area (Å²) in [6, 6.07) is 5.58. The fourth-order valence-electron chi connectivity index (χ4n) is 2.35. The molecule has 25 heavy (non-hydrogen) atoms. The van der Waals surface area contributed by atoms with E-state index in [-0.39, 0.29) is 0 Å². The van der Waals surface area contributed by atoms with Gasteiger partial charge in [0, 0.05) is 30.2 Å². The number of nitrogens with zero attached hydrogens (tertiary/aromatic N) is 7. The van der Waals surface area contributed by atoms with Crippen molar-refractivity contribution in [1.29, 1.82) is 0 Å². The van der Waals surface area contributed by atoms with Crippen molar-refractivity contribution in [3.05, 3.63) is 48.4 Å². The van der Waals surface area contributed by atoms with E-state index in [1.54, 1.807) is 29.2 Å². The summed E-state index contributed by atoms with van der Waals surface area (Å²) in [5.74, 6) is 2.35. The van der Waals surface area contributed by atoms with Gasteiger partial charge in [-0.25, -0.2) is 15.0 Å². The highest BCUT2D eigenvalue weighted by atomic mass is 16.5. The standard InChI is InChI=1S/C16H16N8O/c1-10(2)11-8-13(24-12(21-11)4-7-20-24)19-9-14-22-16(23-25-14)15-17-5-3-6-18-15/h3-8,10,19H,9H2,1-2H3. The topological polar surface area (TPSA) is 107 Å². The molecule has 4 aromatic heterocycles. The van der Waals surface area contributed by atoms with Crippen LogP contribution < -0.4 is 5.32 Å². The molecule has 4 heterocycles. The highest BCUT2D eigenvalue weighted by molar-refractivity contribution is 5.49. The average Bonchev–Trinajstić information content (AvgIpc) is 3.29. The first-order chi connectivity index (χ1) is 12.2. The number of hydrogen-bond donors (Lipinski definition) is 1. The Balaban J connectivity index is 1.57. The van der Waals surface area contributed by atoms with Gasteiger partial charge in [-0.05, 0) is 12.0 Å². The second-order valence-corrected chi connectivity index (χ2v) is 5.76. The van der Waals surface area contributed by atoms with E-state index in [0.717, 1.165) is 17.2 Å². The first kappa shape index (κ1) is 15.2. The van der Waals surface area contributed by atoms with Crippen LogP contribution in [0.3, 0.4) is 0 Å². The van der Waals surface area contributed by atoms with Crippen LogP contribution in [0.2, 0.25) is 0 Å². The molecular formula is C16H16N8O. The lowest BCUT2D eigenvalue weighted by atomic mass is 10.1. The Labute approximate surface area is 143 Å². The summed E-state index contributed by atoms with van der Waals surface area (Å²) in [5.41, 5.74) is 1.78. The fraction of sp³-hybridized carbons (Fsp3) is 0.250. The molecule has 9 heteroatoms. The predicted molar refractivity (Wildman–Crippen MR) is 89.7 cm³/mol. The van der Waals surface area contributed by atoms with Gasteiger partial charge in [-0.3, -0.25) is 0 Å². The summed E-state index contributed by atoms with van der Waals surface area (Å²) < 4.78 is 7.00. The number of rotatable bonds is 5. The van der Waals surface area contributed by atoms with E-state index in [4.69, 9.17) is 4.52 Å². The predicted octanol–water partition coefficient (Wildman–Crippen LogP) is 2.30. The molecule has 0 unspecified atom stereocenters. The number of hydrogen-bond acceptors (Lipinski definition) is 8. The van der Waals surface area contributed by atoms with Crippen molar-refractivity contribution in [3.63, 3.8) is 0 Å². The molecule has 0 fully saturated rings. The van der Waals surface area contributed by atoms with Gasteiger partial charge in [0.1, 0.15) is 5.82 Å². The van der Waals surface area contributed by atoms with Crippen LogP contribution in [-0.4, -0.2) is 34.7 Å². The number of nitrogens with one attached hydrogen (secondary N) is 1. The van der Waals surface area contributed by atoms with E-state index in [0.29, 0.717) is 30.0 Å². The van der Waals surface area contributed by atoms with Gasteiger partial charge in [-0.1, -0.05) is 19.0 Å². The van der Waals surface area contributed by atoms with Crippen molar-refractivity contribution in [2.75, 3.05) is 5.32 Å². The van der Waals surface area contributed by atoms with E-state index >= 15 is 0 Å². The smallest absolute Gasteiger partial charge is 0.246 e. The fourth-order valence-corrected chi connectivity index (χ4v) is 2.35. The zero-order valence-corrected chi connectivity index (χ0v) is 13.8. The molecule has 0 radical (unpaired) electrons. The zero-order valence-electron chi connectivity index (χ0n) is 13.8. The van der Waals surface area contributed by atoms with Gasteiger partial charge >= 0.3 is 0 Å². The molecule has 0 aliphatic carbocycles. The van der Waals surface area contributed by atoms with Crippen molar-refractivity contribution >= 4 is 11.5 Å². The number of aromatic nitrogens is 7. The Kier molecular flexibility index (Phi) is 3.81. The molecule has 9 nitrogen and oxygen atoms in total. The molecule has 4 aromatic rings. The summed E-state index contributed by atoms with van der Waals surface area (Å²) in [7, 11) is 0. The monoisotopic (exact) mass is 336 g/mol. The van der Waals surface area contributed by atoms with Gasteiger partial charge in [-0.2, -0.15) is 14.6 Å². The maximum atomic E-state index is 5.26.